The maximum absolute atomic E-state index is 5.92. The van der Waals surface area contributed by atoms with Gasteiger partial charge in [0.1, 0.15) is 0 Å². The zero-order valence-corrected chi connectivity index (χ0v) is 11.9. The second-order valence-corrected chi connectivity index (χ2v) is 5.14. The van der Waals surface area contributed by atoms with Crippen LogP contribution in [-0.2, 0) is 4.74 Å². The van der Waals surface area contributed by atoms with E-state index in [1.54, 1.807) is 0 Å². The van der Waals surface area contributed by atoms with Crippen LogP contribution in [0.1, 0.15) is 30.9 Å². The molecule has 1 fully saturated rings. The Kier molecular flexibility index (Phi) is 4.43. The summed E-state index contributed by atoms with van der Waals surface area (Å²) in [4.78, 5) is 4.47. The third-order valence-corrected chi connectivity index (χ3v) is 3.57. The lowest BCUT2D eigenvalue weighted by molar-refractivity contribution is -0.000702. The first kappa shape index (κ1) is 13.9. The van der Waals surface area contributed by atoms with Crippen LogP contribution in [0.2, 0.25) is 0 Å². The Morgan fingerprint density at radius 3 is 2.74 bits per heavy atom. The SMILES string of the molecule is CCOC1CC(N=C(N)Nc2ccc(C)c(C)c2)C1. The van der Waals surface area contributed by atoms with Crippen LogP contribution in [0.3, 0.4) is 0 Å². The van der Waals surface area contributed by atoms with Gasteiger partial charge in [0, 0.05) is 12.3 Å². The third kappa shape index (κ3) is 3.70. The standard InChI is InChI=1S/C15H23N3O/c1-4-19-14-8-13(9-14)18-15(16)17-12-6-5-10(2)11(3)7-12/h5-7,13-14H,4,8-9H2,1-3H3,(H3,16,17,18). The molecule has 0 spiro atoms. The Labute approximate surface area is 115 Å². The molecule has 1 aliphatic carbocycles. The van der Waals surface area contributed by atoms with E-state index in [-0.39, 0.29) is 0 Å². The van der Waals surface area contributed by atoms with Crippen LogP contribution in [0, 0.1) is 13.8 Å². The van der Waals surface area contributed by atoms with Gasteiger partial charge in [0.15, 0.2) is 5.96 Å². The molecule has 4 nitrogen and oxygen atoms in total. The van der Waals surface area contributed by atoms with Gasteiger partial charge in [-0.25, -0.2) is 4.99 Å². The molecule has 0 unspecified atom stereocenters. The summed E-state index contributed by atoms with van der Waals surface area (Å²) in [5.74, 6) is 0.489. The van der Waals surface area contributed by atoms with Crippen molar-refractivity contribution in [1.29, 1.82) is 0 Å². The maximum Gasteiger partial charge on any atom is 0.193 e. The van der Waals surface area contributed by atoms with Crippen LogP contribution in [0.5, 0.6) is 0 Å². The Bertz CT molecular complexity index is 464. The molecule has 0 aromatic heterocycles. The molecule has 3 N–H and O–H groups in total. The van der Waals surface area contributed by atoms with Gasteiger partial charge < -0.3 is 15.8 Å². The highest BCUT2D eigenvalue weighted by Crippen LogP contribution is 2.26. The maximum atomic E-state index is 5.92. The van der Waals surface area contributed by atoms with Crippen molar-refractivity contribution < 1.29 is 4.74 Å². The minimum absolute atomic E-state index is 0.301. The lowest BCUT2D eigenvalue weighted by Crippen LogP contribution is -2.37. The molecule has 1 saturated carbocycles. The Hall–Kier alpha value is -1.55. The summed E-state index contributed by atoms with van der Waals surface area (Å²) in [6.07, 6.45) is 2.32. The van der Waals surface area contributed by atoms with E-state index < -0.39 is 0 Å². The van der Waals surface area contributed by atoms with Gasteiger partial charge in [-0.3, -0.25) is 0 Å². The zero-order valence-electron chi connectivity index (χ0n) is 11.9. The number of rotatable bonds is 4. The summed E-state index contributed by atoms with van der Waals surface area (Å²) in [6, 6.07) is 6.49. The topological polar surface area (TPSA) is 59.6 Å². The van der Waals surface area contributed by atoms with Crippen molar-refractivity contribution in [3.8, 4) is 0 Å². The number of anilines is 1. The number of aliphatic imine (C=N–C) groups is 1. The summed E-state index contributed by atoms with van der Waals surface area (Å²) in [7, 11) is 0. The molecule has 0 amide bonds. The number of guanidine groups is 1. The molecule has 0 radical (unpaired) electrons. The Morgan fingerprint density at radius 2 is 2.11 bits per heavy atom. The molecule has 0 heterocycles. The van der Waals surface area contributed by atoms with Crippen molar-refractivity contribution in [3.63, 3.8) is 0 Å². The molecule has 2 rings (SSSR count). The lowest BCUT2D eigenvalue weighted by Gasteiger charge is -2.32. The van der Waals surface area contributed by atoms with Crippen molar-refractivity contribution in [2.24, 2.45) is 10.7 Å². The second kappa shape index (κ2) is 6.06. The number of nitrogens with two attached hydrogens (primary N) is 1. The summed E-state index contributed by atoms with van der Waals surface area (Å²) in [5.41, 5.74) is 9.44. The molecule has 1 aromatic rings. The minimum atomic E-state index is 0.301. The monoisotopic (exact) mass is 261 g/mol. The van der Waals surface area contributed by atoms with Crippen LogP contribution >= 0.6 is 0 Å². The zero-order chi connectivity index (χ0) is 13.8. The van der Waals surface area contributed by atoms with Crippen LogP contribution in [0.4, 0.5) is 5.69 Å². The number of nitrogens with one attached hydrogen (secondary N) is 1. The molecule has 0 saturated heterocycles. The van der Waals surface area contributed by atoms with Gasteiger partial charge in [-0.2, -0.15) is 0 Å². The molecule has 0 bridgehead atoms. The molecule has 4 heteroatoms. The Balaban J connectivity index is 1.87. The highest BCUT2D eigenvalue weighted by Gasteiger charge is 2.29. The van der Waals surface area contributed by atoms with E-state index in [2.05, 4.69) is 36.3 Å². The van der Waals surface area contributed by atoms with Crippen LogP contribution in [0.15, 0.2) is 23.2 Å². The van der Waals surface area contributed by atoms with Crippen LogP contribution < -0.4 is 11.1 Å². The highest BCUT2D eigenvalue weighted by atomic mass is 16.5. The first-order chi connectivity index (χ1) is 9.08. The molecule has 0 atom stereocenters. The Morgan fingerprint density at radius 1 is 1.37 bits per heavy atom. The molecule has 1 aliphatic rings. The molecule has 0 aliphatic heterocycles. The lowest BCUT2D eigenvalue weighted by atomic mass is 9.90. The van der Waals surface area contributed by atoms with Gasteiger partial charge >= 0.3 is 0 Å². The fourth-order valence-electron chi connectivity index (χ4n) is 2.21. The van der Waals surface area contributed by atoms with Crippen LogP contribution in [-0.4, -0.2) is 24.7 Å². The van der Waals surface area contributed by atoms with Crippen molar-refractivity contribution in [2.45, 2.75) is 45.8 Å². The molecule has 104 valence electrons. The number of benzene rings is 1. The van der Waals surface area contributed by atoms with Crippen molar-refractivity contribution in [1.82, 2.24) is 0 Å². The van der Waals surface area contributed by atoms with Gasteiger partial charge in [0.05, 0.1) is 12.1 Å². The van der Waals surface area contributed by atoms with Crippen LogP contribution in [0.25, 0.3) is 0 Å². The van der Waals surface area contributed by atoms with E-state index in [1.165, 1.54) is 11.1 Å². The number of aryl methyl sites for hydroxylation is 2. The predicted octanol–water partition coefficient (Wildman–Crippen LogP) is 2.60. The minimum Gasteiger partial charge on any atom is -0.378 e. The van der Waals surface area contributed by atoms with E-state index in [4.69, 9.17) is 10.5 Å². The van der Waals surface area contributed by atoms with Gasteiger partial charge in [0.2, 0.25) is 0 Å². The smallest absolute Gasteiger partial charge is 0.193 e. The van der Waals surface area contributed by atoms with Gasteiger partial charge in [-0.15, -0.1) is 0 Å². The summed E-state index contributed by atoms with van der Waals surface area (Å²) < 4.78 is 5.51. The normalized spacial score (nSPS) is 23.0. The van der Waals surface area contributed by atoms with Crippen molar-refractivity contribution in [3.05, 3.63) is 29.3 Å². The quantitative estimate of drug-likeness (QED) is 0.647. The molecular weight excluding hydrogens is 238 g/mol. The number of hydrogen-bond donors (Lipinski definition) is 2. The predicted molar refractivity (Wildman–Crippen MR) is 79.6 cm³/mol. The second-order valence-electron chi connectivity index (χ2n) is 5.14. The third-order valence-electron chi connectivity index (χ3n) is 3.57. The average Bonchev–Trinajstić information content (AvgIpc) is 2.31. The number of hydrogen-bond acceptors (Lipinski definition) is 2. The molecule has 19 heavy (non-hydrogen) atoms. The van der Waals surface area contributed by atoms with E-state index in [1.807, 2.05) is 13.0 Å². The van der Waals surface area contributed by atoms with Gasteiger partial charge in [-0.05, 0) is 56.9 Å². The van der Waals surface area contributed by atoms with E-state index >= 15 is 0 Å². The number of nitrogens with zero attached hydrogens (tertiary/aromatic N) is 1. The summed E-state index contributed by atoms with van der Waals surface area (Å²) >= 11 is 0. The van der Waals surface area contributed by atoms with Crippen molar-refractivity contribution in [2.75, 3.05) is 11.9 Å². The summed E-state index contributed by atoms with van der Waals surface area (Å²) in [5, 5.41) is 3.14. The fourth-order valence-corrected chi connectivity index (χ4v) is 2.21. The molecule has 1 aromatic carbocycles. The fraction of sp³-hybridized carbons (Fsp3) is 0.533. The number of ether oxygens (including phenoxy) is 1. The first-order valence-electron chi connectivity index (χ1n) is 6.87. The van der Waals surface area contributed by atoms with Gasteiger partial charge in [-0.1, -0.05) is 6.07 Å². The van der Waals surface area contributed by atoms with E-state index in [0.717, 1.165) is 25.1 Å². The molecular formula is C15H23N3O. The first-order valence-corrected chi connectivity index (χ1v) is 6.87. The largest absolute Gasteiger partial charge is 0.378 e. The highest BCUT2D eigenvalue weighted by molar-refractivity contribution is 5.92. The van der Waals surface area contributed by atoms with Crippen molar-refractivity contribution >= 4 is 11.6 Å². The van der Waals surface area contributed by atoms with Gasteiger partial charge in [0.25, 0.3) is 0 Å². The van der Waals surface area contributed by atoms with E-state index in [9.17, 15) is 0 Å². The van der Waals surface area contributed by atoms with E-state index in [0.29, 0.717) is 18.1 Å². The summed E-state index contributed by atoms with van der Waals surface area (Å²) in [6.45, 7) is 6.98. The average molecular weight is 261 g/mol.